The third-order valence-electron chi connectivity index (χ3n) is 5.90. The topological polar surface area (TPSA) is 62.3 Å². The number of morpholine rings is 1. The van der Waals surface area contributed by atoms with E-state index in [-0.39, 0.29) is 18.7 Å². The molecule has 4 rings (SSSR count). The maximum absolute atomic E-state index is 12.6. The number of esters is 1. The quantitative estimate of drug-likeness (QED) is 0.606. The number of fused-ring (bicyclic) bond motifs is 5. The number of benzene rings is 1. The van der Waals surface area contributed by atoms with Crippen molar-refractivity contribution in [1.82, 2.24) is 4.90 Å². The largest absolute Gasteiger partial charge is 0.462 e. The summed E-state index contributed by atoms with van der Waals surface area (Å²) < 4.78 is 11.6. The maximum atomic E-state index is 12.6. The molecule has 5 heteroatoms. The Kier molecular flexibility index (Phi) is 4.80. The Morgan fingerprint density at radius 3 is 2.56 bits per heavy atom. The van der Waals surface area contributed by atoms with E-state index in [1.165, 1.54) is 12.8 Å². The van der Waals surface area contributed by atoms with Crippen LogP contribution in [0.4, 0.5) is 0 Å². The number of aliphatic hydroxyl groups is 1. The zero-order valence-electron chi connectivity index (χ0n) is 14.7. The van der Waals surface area contributed by atoms with Gasteiger partial charge in [0.1, 0.15) is 24.2 Å². The SMILES string of the molecule is CCCCN1C2CC(OC(=O)C(CO)c3ccccc3)CC1C1OC12. The summed E-state index contributed by atoms with van der Waals surface area (Å²) in [5.74, 6) is -0.905. The van der Waals surface area contributed by atoms with Gasteiger partial charge in [0.25, 0.3) is 0 Å². The average molecular weight is 345 g/mol. The maximum Gasteiger partial charge on any atom is 0.316 e. The zero-order valence-corrected chi connectivity index (χ0v) is 14.7. The number of hydrogen-bond acceptors (Lipinski definition) is 5. The summed E-state index contributed by atoms with van der Waals surface area (Å²) in [5.41, 5.74) is 0.810. The minimum Gasteiger partial charge on any atom is -0.462 e. The van der Waals surface area contributed by atoms with Crippen molar-refractivity contribution in [3.05, 3.63) is 35.9 Å². The number of aliphatic hydroxyl groups excluding tert-OH is 1. The third-order valence-corrected chi connectivity index (χ3v) is 5.90. The number of hydrogen-bond donors (Lipinski definition) is 1. The van der Waals surface area contributed by atoms with Gasteiger partial charge in [-0.15, -0.1) is 0 Å². The second kappa shape index (κ2) is 7.06. The van der Waals surface area contributed by atoms with E-state index in [9.17, 15) is 9.90 Å². The minimum atomic E-state index is -0.595. The molecule has 136 valence electrons. The Balaban J connectivity index is 1.39. The molecule has 3 aliphatic rings. The van der Waals surface area contributed by atoms with Crippen LogP contribution in [0.25, 0.3) is 0 Å². The molecule has 5 atom stereocenters. The molecule has 5 nitrogen and oxygen atoms in total. The number of epoxide rings is 1. The summed E-state index contributed by atoms with van der Waals surface area (Å²) in [6.07, 6.45) is 4.72. The number of ether oxygens (including phenoxy) is 2. The molecule has 25 heavy (non-hydrogen) atoms. The lowest BCUT2D eigenvalue weighted by Crippen LogP contribution is -2.50. The Morgan fingerprint density at radius 1 is 1.28 bits per heavy atom. The summed E-state index contributed by atoms with van der Waals surface area (Å²) in [6.45, 7) is 3.11. The van der Waals surface area contributed by atoms with Crippen LogP contribution in [0.1, 0.15) is 44.1 Å². The van der Waals surface area contributed by atoms with Crippen molar-refractivity contribution < 1.29 is 19.4 Å². The summed E-state index contributed by atoms with van der Waals surface area (Å²) in [7, 11) is 0. The van der Waals surface area contributed by atoms with Crippen molar-refractivity contribution in [2.75, 3.05) is 13.2 Å². The van der Waals surface area contributed by atoms with E-state index < -0.39 is 5.92 Å². The second-order valence-electron chi connectivity index (χ2n) is 7.47. The van der Waals surface area contributed by atoms with Gasteiger partial charge in [0.2, 0.25) is 0 Å². The van der Waals surface area contributed by atoms with E-state index in [1.54, 1.807) is 0 Å². The molecule has 3 fully saturated rings. The molecular formula is C20H27NO4. The molecule has 5 unspecified atom stereocenters. The van der Waals surface area contributed by atoms with E-state index in [0.717, 1.165) is 24.9 Å². The number of unbranched alkanes of at least 4 members (excludes halogenated alkanes) is 1. The van der Waals surface area contributed by atoms with Gasteiger partial charge in [-0.1, -0.05) is 43.7 Å². The van der Waals surface area contributed by atoms with Crippen LogP contribution in [0.2, 0.25) is 0 Å². The molecule has 0 saturated carbocycles. The Morgan fingerprint density at radius 2 is 1.96 bits per heavy atom. The first-order valence-electron chi connectivity index (χ1n) is 9.50. The molecule has 0 aromatic heterocycles. The molecule has 1 aromatic carbocycles. The summed E-state index contributed by atoms with van der Waals surface area (Å²) in [4.78, 5) is 15.2. The molecule has 0 amide bonds. The molecule has 0 radical (unpaired) electrons. The van der Waals surface area contributed by atoms with E-state index in [2.05, 4.69) is 11.8 Å². The number of rotatable bonds is 7. The van der Waals surface area contributed by atoms with Gasteiger partial charge in [0.05, 0.1) is 6.61 Å². The molecule has 0 spiro atoms. The van der Waals surface area contributed by atoms with E-state index in [0.29, 0.717) is 24.3 Å². The minimum absolute atomic E-state index is 0.0606. The van der Waals surface area contributed by atoms with Crippen LogP contribution in [0, 0.1) is 0 Å². The lowest BCUT2D eigenvalue weighted by molar-refractivity contribution is -0.157. The van der Waals surface area contributed by atoms with Crippen molar-refractivity contribution in [2.24, 2.45) is 0 Å². The van der Waals surface area contributed by atoms with Crippen molar-refractivity contribution in [1.29, 1.82) is 0 Å². The zero-order chi connectivity index (χ0) is 17.4. The van der Waals surface area contributed by atoms with Crippen LogP contribution < -0.4 is 0 Å². The van der Waals surface area contributed by atoms with Gasteiger partial charge in [0, 0.05) is 24.9 Å². The van der Waals surface area contributed by atoms with Crippen LogP contribution >= 0.6 is 0 Å². The van der Waals surface area contributed by atoms with Gasteiger partial charge in [-0.2, -0.15) is 0 Å². The highest BCUT2D eigenvalue weighted by molar-refractivity contribution is 5.78. The van der Waals surface area contributed by atoms with Gasteiger partial charge in [0.15, 0.2) is 0 Å². The van der Waals surface area contributed by atoms with Crippen molar-refractivity contribution in [2.45, 2.75) is 68.9 Å². The molecular weight excluding hydrogens is 318 g/mol. The van der Waals surface area contributed by atoms with Crippen molar-refractivity contribution in [3.8, 4) is 0 Å². The second-order valence-corrected chi connectivity index (χ2v) is 7.47. The van der Waals surface area contributed by atoms with Crippen LogP contribution in [0.15, 0.2) is 30.3 Å². The predicted octanol–water partition coefficient (Wildman–Crippen LogP) is 2.09. The molecule has 3 aliphatic heterocycles. The highest BCUT2D eigenvalue weighted by Gasteiger charge is 2.63. The Hall–Kier alpha value is -1.43. The highest BCUT2D eigenvalue weighted by atomic mass is 16.6. The molecule has 1 aromatic rings. The number of carbonyl (C=O) groups excluding carboxylic acids is 1. The van der Waals surface area contributed by atoms with Gasteiger partial charge in [-0.3, -0.25) is 9.69 Å². The fourth-order valence-corrected chi connectivity index (χ4v) is 4.57. The first-order chi connectivity index (χ1) is 12.2. The number of carbonyl (C=O) groups is 1. The van der Waals surface area contributed by atoms with Crippen LogP contribution in [0.5, 0.6) is 0 Å². The Bertz CT molecular complexity index is 589. The molecule has 2 bridgehead atoms. The summed E-state index contributed by atoms with van der Waals surface area (Å²) in [5, 5.41) is 9.65. The Labute approximate surface area is 148 Å². The fraction of sp³-hybridized carbons (Fsp3) is 0.650. The van der Waals surface area contributed by atoms with Gasteiger partial charge in [-0.25, -0.2) is 0 Å². The van der Waals surface area contributed by atoms with Crippen LogP contribution in [0.3, 0.4) is 0 Å². The van der Waals surface area contributed by atoms with Gasteiger partial charge >= 0.3 is 5.97 Å². The molecule has 3 heterocycles. The van der Waals surface area contributed by atoms with Crippen LogP contribution in [-0.4, -0.2) is 59.5 Å². The normalized spacial score (nSPS) is 34.4. The summed E-state index contributed by atoms with van der Waals surface area (Å²) in [6, 6.07) is 10.2. The predicted molar refractivity (Wildman–Crippen MR) is 93.2 cm³/mol. The smallest absolute Gasteiger partial charge is 0.316 e. The van der Waals surface area contributed by atoms with Gasteiger partial charge < -0.3 is 14.6 Å². The van der Waals surface area contributed by atoms with E-state index in [4.69, 9.17) is 9.47 Å². The average Bonchev–Trinajstić information content (AvgIpc) is 3.38. The van der Waals surface area contributed by atoms with Crippen molar-refractivity contribution in [3.63, 3.8) is 0 Å². The van der Waals surface area contributed by atoms with Gasteiger partial charge in [-0.05, 0) is 18.5 Å². The number of piperidine rings is 1. The summed E-state index contributed by atoms with van der Waals surface area (Å²) >= 11 is 0. The van der Waals surface area contributed by atoms with Crippen LogP contribution in [-0.2, 0) is 14.3 Å². The first kappa shape index (κ1) is 17.0. The molecule has 1 N–H and O–H groups in total. The van der Waals surface area contributed by atoms with E-state index in [1.807, 2.05) is 30.3 Å². The monoisotopic (exact) mass is 345 g/mol. The fourth-order valence-electron chi connectivity index (χ4n) is 4.57. The highest BCUT2D eigenvalue weighted by Crippen LogP contribution is 2.49. The first-order valence-corrected chi connectivity index (χ1v) is 9.50. The standard InChI is InChI=1S/C20H27NO4/c1-2-3-9-21-16-10-14(11-17(21)19-18(16)25-19)24-20(23)15(12-22)13-7-5-4-6-8-13/h4-8,14-19,22H,2-3,9-12H2,1H3. The van der Waals surface area contributed by atoms with Crippen molar-refractivity contribution >= 4 is 5.97 Å². The third kappa shape index (κ3) is 3.21. The number of nitrogens with zero attached hydrogens (tertiary/aromatic N) is 1. The molecule has 3 saturated heterocycles. The van der Waals surface area contributed by atoms with E-state index >= 15 is 0 Å². The molecule has 0 aliphatic carbocycles. The lowest BCUT2D eigenvalue weighted by Gasteiger charge is -2.40. The lowest BCUT2D eigenvalue weighted by atomic mass is 9.97.